The number of fused-ring (bicyclic) bond motifs is 1. The molecule has 0 radical (unpaired) electrons. The zero-order valence-electron chi connectivity index (χ0n) is 14.4. The molecule has 0 spiro atoms. The fourth-order valence-electron chi connectivity index (χ4n) is 3.00. The van der Waals surface area contributed by atoms with Gasteiger partial charge >= 0.3 is 6.03 Å². The highest BCUT2D eigenvalue weighted by Crippen LogP contribution is 2.32. The number of amides is 2. The Balaban J connectivity index is 1.30. The Morgan fingerprint density at radius 2 is 2.19 bits per heavy atom. The number of aromatic nitrogens is 2. The van der Waals surface area contributed by atoms with Gasteiger partial charge in [-0.2, -0.15) is 5.26 Å². The van der Waals surface area contributed by atoms with Crippen LogP contribution in [0.5, 0.6) is 17.4 Å². The summed E-state index contributed by atoms with van der Waals surface area (Å²) in [6.07, 6.45) is 3.36. The summed E-state index contributed by atoms with van der Waals surface area (Å²) in [7, 11) is 0. The smallest absolute Gasteiger partial charge is 0.317 e. The molecule has 4 rings (SSSR count). The number of rotatable bonds is 4. The van der Waals surface area contributed by atoms with Gasteiger partial charge in [0.15, 0.2) is 11.5 Å². The second-order valence-corrected chi connectivity index (χ2v) is 6.14. The molecule has 0 aliphatic carbocycles. The second kappa shape index (κ2) is 7.37. The maximum absolute atomic E-state index is 12.4. The standard InChI is InChI=1S/C18H17N5O4/c19-8-14-17(21-5-4-20-14)27-13-3-6-23(10-13)18(24)22-9-12-1-2-15-16(7-12)26-11-25-15/h1-2,4-5,7,13H,3,6,9-11H2,(H,22,24). The first kappa shape index (κ1) is 16.9. The van der Waals surface area contributed by atoms with E-state index in [1.807, 2.05) is 24.3 Å². The van der Waals surface area contributed by atoms with Crippen LogP contribution in [0.4, 0.5) is 4.79 Å². The van der Waals surface area contributed by atoms with Gasteiger partial charge in [0.2, 0.25) is 12.5 Å². The summed E-state index contributed by atoms with van der Waals surface area (Å²) in [5.74, 6) is 1.60. The molecule has 2 amide bonds. The number of nitrogens with one attached hydrogen (secondary N) is 1. The van der Waals surface area contributed by atoms with E-state index in [9.17, 15) is 4.79 Å². The summed E-state index contributed by atoms with van der Waals surface area (Å²) < 4.78 is 16.4. The van der Waals surface area contributed by atoms with Gasteiger partial charge in [0, 0.05) is 31.9 Å². The first-order valence-electron chi connectivity index (χ1n) is 8.52. The van der Waals surface area contributed by atoms with Crippen molar-refractivity contribution in [1.29, 1.82) is 5.26 Å². The van der Waals surface area contributed by atoms with Crippen LogP contribution in [0.2, 0.25) is 0 Å². The van der Waals surface area contributed by atoms with Gasteiger partial charge < -0.3 is 24.4 Å². The Morgan fingerprint density at radius 3 is 3.07 bits per heavy atom. The largest absolute Gasteiger partial charge is 0.470 e. The Kier molecular flexibility index (Phi) is 4.61. The van der Waals surface area contributed by atoms with Gasteiger partial charge in [-0.3, -0.25) is 0 Å². The van der Waals surface area contributed by atoms with Crippen LogP contribution in [0.15, 0.2) is 30.6 Å². The molecule has 1 saturated heterocycles. The van der Waals surface area contributed by atoms with Crippen molar-refractivity contribution < 1.29 is 19.0 Å². The van der Waals surface area contributed by atoms with Crippen molar-refractivity contribution in [2.24, 2.45) is 0 Å². The highest BCUT2D eigenvalue weighted by atomic mass is 16.7. The van der Waals surface area contributed by atoms with Crippen LogP contribution in [0.3, 0.4) is 0 Å². The lowest BCUT2D eigenvalue weighted by molar-refractivity contribution is 0.174. The van der Waals surface area contributed by atoms with Crippen molar-refractivity contribution in [3.8, 4) is 23.4 Å². The maximum Gasteiger partial charge on any atom is 0.317 e. The van der Waals surface area contributed by atoms with Crippen molar-refractivity contribution in [3.63, 3.8) is 0 Å². The fraction of sp³-hybridized carbons (Fsp3) is 0.333. The Bertz CT molecular complexity index is 898. The molecule has 1 fully saturated rings. The molecular weight excluding hydrogens is 350 g/mol. The first-order chi connectivity index (χ1) is 13.2. The van der Waals surface area contributed by atoms with Crippen LogP contribution in [0.25, 0.3) is 0 Å². The van der Waals surface area contributed by atoms with E-state index in [2.05, 4.69) is 15.3 Å². The van der Waals surface area contributed by atoms with Gasteiger partial charge in [-0.1, -0.05) is 6.07 Å². The van der Waals surface area contributed by atoms with E-state index >= 15 is 0 Å². The second-order valence-electron chi connectivity index (χ2n) is 6.14. The molecule has 0 bridgehead atoms. The summed E-state index contributed by atoms with van der Waals surface area (Å²) in [5.41, 5.74) is 1.07. The number of benzene rings is 1. The average molecular weight is 367 g/mol. The normalized spacial score (nSPS) is 17.4. The van der Waals surface area contributed by atoms with Gasteiger partial charge in [0.25, 0.3) is 5.88 Å². The van der Waals surface area contributed by atoms with Crippen LogP contribution in [-0.4, -0.2) is 46.9 Å². The van der Waals surface area contributed by atoms with E-state index in [1.54, 1.807) is 4.90 Å². The Labute approximate surface area is 155 Å². The van der Waals surface area contributed by atoms with Gasteiger partial charge in [0.05, 0.1) is 6.54 Å². The lowest BCUT2D eigenvalue weighted by Gasteiger charge is -2.18. The molecule has 1 N–H and O–H groups in total. The van der Waals surface area contributed by atoms with Crippen molar-refractivity contribution >= 4 is 6.03 Å². The fourth-order valence-corrected chi connectivity index (χ4v) is 3.00. The van der Waals surface area contributed by atoms with Crippen molar-refractivity contribution in [1.82, 2.24) is 20.2 Å². The van der Waals surface area contributed by atoms with Crippen LogP contribution < -0.4 is 19.5 Å². The molecule has 2 aliphatic rings. The molecule has 1 atom stereocenters. The minimum Gasteiger partial charge on any atom is -0.470 e. The van der Waals surface area contributed by atoms with Crippen LogP contribution in [-0.2, 0) is 6.54 Å². The van der Waals surface area contributed by atoms with Crippen molar-refractivity contribution in [2.75, 3.05) is 19.9 Å². The van der Waals surface area contributed by atoms with Crippen LogP contribution in [0.1, 0.15) is 17.7 Å². The van der Waals surface area contributed by atoms with E-state index in [-0.39, 0.29) is 30.5 Å². The molecule has 2 aliphatic heterocycles. The van der Waals surface area contributed by atoms with Crippen LogP contribution >= 0.6 is 0 Å². The lowest BCUT2D eigenvalue weighted by Crippen LogP contribution is -2.39. The van der Waals surface area contributed by atoms with Crippen molar-refractivity contribution in [3.05, 3.63) is 41.9 Å². The minimum atomic E-state index is -0.218. The highest BCUT2D eigenvalue weighted by molar-refractivity contribution is 5.74. The SMILES string of the molecule is N#Cc1nccnc1OC1CCN(C(=O)NCc2ccc3c(c2)OCO3)C1. The molecule has 138 valence electrons. The Morgan fingerprint density at radius 1 is 1.33 bits per heavy atom. The first-order valence-corrected chi connectivity index (χ1v) is 8.52. The number of hydrogen-bond donors (Lipinski definition) is 1. The van der Waals surface area contributed by atoms with E-state index < -0.39 is 0 Å². The predicted octanol–water partition coefficient (Wildman–Crippen LogP) is 1.44. The lowest BCUT2D eigenvalue weighted by atomic mass is 10.2. The number of hydrogen-bond acceptors (Lipinski definition) is 7. The number of nitriles is 1. The van der Waals surface area contributed by atoms with Crippen molar-refractivity contribution in [2.45, 2.75) is 19.1 Å². The number of carbonyl (C=O) groups excluding carboxylic acids is 1. The highest BCUT2D eigenvalue weighted by Gasteiger charge is 2.28. The number of nitrogens with zero attached hydrogens (tertiary/aromatic N) is 4. The Hall–Kier alpha value is -3.54. The van der Waals surface area contributed by atoms with Gasteiger partial charge in [-0.05, 0) is 17.7 Å². The van der Waals surface area contributed by atoms with Gasteiger partial charge in [-0.25, -0.2) is 14.8 Å². The molecule has 1 aromatic heterocycles. The summed E-state index contributed by atoms with van der Waals surface area (Å²) in [6.45, 7) is 1.61. The van der Waals surface area contributed by atoms with Crippen LogP contribution in [0, 0.1) is 11.3 Å². The molecule has 2 aromatic rings. The third-order valence-electron chi connectivity index (χ3n) is 4.36. The van der Waals surface area contributed by atoms with Gasteiger partial charge in [0.1, 0.15) is 12.2 Å². The molecule has 9 nitrogen and oxygen atoms in total. The maximum atomic E-state index is 12.4. The number of ether oxygens (including phenoxy) is 3. The number of likely N-dealkylation sites (tertiary alicyclic amines) is 1. The number of carbonyl (C=O) groups is 1. The summed E-state index contributed by atoms with van der Waals surface area (Å²) in [6, 6.07) is 7.36. The minimum absolute atomic E-state index is 0.142. The number of urea groups is 1. The molecule has 27 heavy (non-hydrogen) atoms. The summed E-state index contributed by atoms with van der Waals surface area (Å²) >= 11 is 0. The predicted molar refractivity (Wildman–Crippen MR) is 92.2 cm³/mol. The van der Waals surface area contributed by atoms with Gasteiger partial charge in [-0.15, -0.1) is 0 Å². The molecule has 3 heterocycles. The monoisotopic (exact) mass is 367 g/mol. The average Bonchev–Trinajstić information content (AvgIpc) is 3.35. The quantitative estimate of drug-likeness (QED) is 0.871. The van der Waals surface area contributed by atoms with E-state index in [0.29, 0.717) is 37.6 Å². The summed E-state index contributed by atoms with van der Waals surface area (Å²) in [4.78, 5) is 22.0. The van der Waals surface area contributed by atoms with E-state index in [1.165, 1.54) is 12.4 Å². The zero-order chi connectivity index (χ0) is 18.6. The molecular formula is C18H17N5O4. The molecule has 1 aromatic carbocycles. The van der Waals surface area contributed by atoms with E-state index in [0.717, 1.165) is 5.56 Å². The molecule has 1 unspecified atom stereocenters. The molecule has 9 heteroatoms. The topological polar surface area (TPSA) is 110 Å². The molecule has 0 saturated carbocycles. The third-order valence-corrected chi connectivity index (χ3v) is 4.36. The summed E-state index contributed by atoms with van der Waals surface area (Å²) in [5, 5.41) is 11.9. The van der Waals surface area contributed by atoms with E-state index in [4.69, 9.17) is 19.5 Å². The third kappa shape index (κ3) is 3.69. The zero-order valence-corrected chi connectivity index (χ0v) is 14.4.